The second kappa shape index (κ2) is 19.1. The quantitative estimate of drug-likeness (QED) is 0.161. The van der Waals surface area contributed by atoms with Gasteiger partial charge in [-0.2, -0.15) is 19.9 Å². The maximum Gasteiger partial charge on any atom is 0.339 e. The van der Waals surface area contributed by atoms with E-state index in [1.165, 1.54) is 7.11 Å². The predicted molar refractivity (Wildman–Crippen MR) is 240 cm³/mol. The summed E-state index contributed by atoms with van der Waals surface area (Å²) >= 11 is 6.45. The molecule has 0 unspecified atom stereocenters. The second-order valence-corrected chi connectivity index (χ2v) is 16.3. The Labute approximate surface area is 373 Å². The molecule has 4 fully saturated rings. The van der Waals surface area contributed by atoms with E-state index in [0.29, 0.717) is 135 Å². The van der Waals surface area contributed by atoms with Crippen LogP contribution in [0.4, 0.5) is 23.5 Å². The number of hydrogen-bond acceptors (Lipinski definition) is 17. The molecule has 4 saturated heterocycles. The highest BCUT2D eigenvalue weighted by Crippen LogP contribution is 2.35. The fraction of sp³-hybridized carbons (Fsp3) is 0.465. The lowest BCUT2D eigenvalue weighted by Gasteiger charge is -2.35. The number of halogens is 1. The van der Waals surface area contributed by atoms with Crippen LogP contribution >= 0.6 is 11.6 Å². The highest BCUT2D eigenvalue weighted by molar-refractivity contribution is 6.33. The van der Waals surface area contributed by atoms with Gasteiger partial charge >= 0.3 is 5.97 Å². The number of aliphatic hydroxyl groups is 1. The number of benzene rings is 2. The number of hydrogen-bond donors (Lipinski definition) is 4. The number of ether oxygens (including phenoxy) is 5. The third-order valence-electron chi connectivity index (χ3n) is 11.7. The van der Waals surface area contributed by atoms with Gasteiger partial charge in [-0.1, -0.05) is 17.7 Å². The zero-order valence-electron chi connectivity index (χ0n) is 35.9. The van der Waals surface area contributed by atoms with Crippen LogP contribution in [0.25, 0.3) is 45.1 Å². The first-order chi connectivity index (χ1) is 31.2. The summed E-state index contributed by atoms with van der Waals surface area (Å²) in [5.74, 6) is 3.16. The average molecular weight is 899 g/mol. The second-order valence-electron chi connectivity index (χ2n) is 15.9. The molecule has 0 spiro atoms. The number of carboxylic acid groups (broad SMARTS) is 1. The largest absolute Gasteiger partial charge is 0.496 e. The monoisotopic (exact) mass is 898 g/mol. The van der Waals surface area contributed by atoms with Gasteiger partial charge in [0.1, 0.15) is 23.0 Å². The molecule has 2 atom stereocenters. The minimum absolute atomic E-state index is 0.0672. The van der Waals surface area contributed by atoms with Gasteiger partial charge in [-0.25, -0.2) is 14.8 Å². The Morgan fingerprint density at radius 2 is 1.25 bits per heavy atom. The van der Waals surface area contributed by atoms with Gasteiger partial charge in [-0.05, 0) is 49.7 Å². The van der Waals surface area contributed by atoms with E-state index in [4.69, 9.17) is 65.2 Å². The Morgan fingerprint density at radius 3 is 1.77 bits per heavy atom. The van der Waals surface area contributed by atoms with Crippen LogP contribution in [0, 0.1) is 0 Å². The van der Waals surface area contributed by atoms with Crippen LogP contribution in [-0.4, -0.2) is 167 Å². The van der Waals surface area contributed by atoms with Gasteiger partial charge in [0.2, 0.25) is 11.9 Å². The number of fused-ring (bicyclic) bond motifs is 2. The topological polar surface area (TPSA) is 226 Å². The number of rotatable bonds is 9. The number of carboxylic acids is 1. The van der Waals surface area contributed by atoms with E-state index in [1.54, 1.807) is 30.3 Å². The third-order valence-corrected chi connectivity index (χ3v) is 12.0. The van der Waals surface area contributed by atoms with E-state index in [1.807, 2.05) is 6.07 Å². The summed E-state index contributed by atoms with van der Waals surface area (Å²) < 4.78 is 27.4. The molecule has 21 heteroatoms. The van der Waals surface area contributed by atoms with Crippen molar-refractivity contribution in [3.63, 3.8) is 0 Å². The molecule has 0 bridgehead atoms. The number of nitrogens with one attached hydrogen (secondary N) is 2. The smallest absolute Gasteiger partial charge is 0.339 e. The van der Waals surface area contributed by atoms with E-state index in [-0.39, 0.29) is 24.3 Å². The highest BCUT2D eigenvalue weighted by atomic mass is 35.5. The van der Waals surface area contributed by atoms with Crippen LogP contribution < -0.4 is 24.3 Å². The average Bonchev–Trinajstić information content (AvgIpc) is 3.97. The molecule has 0 radical (unpaired) electrons. The van der Waals surface area contributed by atoms with E-state index < -0.39 is 5.97 Å². The lowest BCUT2D eigenvalue weighted by Crippen LogP contribution is -2.44. The van der Waals surface area contributed by atoms with E-state index in [9.17, 15) is 15.0 Å². The number of aliphatic hydroxyl groups excluding tert-OH is 1. The van der Waals surface area contributed by atoms with Crippen LogP contribution in [0.15, 0.2) is 36.4 Å². The Morgan fingerprint density at radius 1 is 0.719 bits per heavy atom. The van der Waals surface area contributed by atoms with E-state index in [0.717, 1.165) is 42.4 Å². The normalized spacial score (nSPS) is 19.5. The maximum atomic E-state index is 11.7. The van der Waals surface area contributed by atoms with Gasteiger partial charge < -0.3 is 63.5 Å². The molecule has 6 aromatic rings. The van der Waals surface area contributed by atoms with Crippen molar-refractivity contribution in [2.75, 3.05) is 119 Å². The zero-order chi connectivity index (χ0) is 44.3. The van der Waals surface area contributed by atoms with E-state index >= 15 is 0 Å². The van der Waals surface area contributed by atoms with Crippen molar-refractivity contribution in [2.24, 2.45) is 0 Å². The molecular formula is C43H51ClN12O8. The van der Waals surface area contributed by atoms with Gasteiger partial charge in [-0.3, -0.25) is 0 Å². The van der Waals surface area contributed by atoms with Gasteiger partial charge in [0, 0.05) is 50.4 Å². The summed E-state index contributed by atoms with van der Waals surface area (Å²) in [5, 5.41) is 19.7. The molecule has 4 N–H and O–H groups in total. The lowest BCUT2D eigenvalue weighted by molar-refractivity contribution is 0.0693. The molecule has 0 amide bonds. The molecule has 4 aliphatic rings. The van der Waals surface area contributed by atoms with Crippen LogP contribution in [0.1, 0.15) is 29.8 Å². The molecule has 10 rings (SSSR count). The fourth-order valence-corrected chi connectivity index (χ4v) is 8.39. The molecule has 338 valence electrons. The maximum absolute atomic E-state index is 11.7. The Kier molecular flexibility index (Phi) is 12.9. The van der Waals surface area contributed by atoms with Crippen molar-refractivity contribution >= 4 is 63.4 Å². The molecule has 2 aromatic carbocycles. The van der Waals surface area contributed by atoms with Crippen molar-refractivity contribution in [3.05, 3.63) is 52.5 Å². The van der Waals surface area contributed by atoms with E-state index in [2.05, 4.69) is 43.4 Å². The third kappa shape index (κ3) is 8.93. The number of aromatic carboxylic acids is 1. The fourth-order valence-electron chi connectivity index (χ4n) is 8.18. The first-order valence-electron chi connectivity index (χ1n) is 21.4. The molecule has 64 heavy (non-hydrogen) atoms. The predicted octanol–water partition coefficient (Wildman–Crippen LogP) is 4.02. The molecule has 0 aliphatic carbocycles. The summed E-state index contributed by atoms with van der Waals surface area (Å²) in [6, 6.07) is 10.7. The summed E-state index contributed by atoms with van der Waals surface area (Å²) in [7, 11) is 1.45. The first-order valence-corrected chi connectivity index (χ1v) is 21.8. The number of methoxy groups -OCH3 is 1. The van der Waals surface area contributed by atoms with Crippen LogP contribution in [0.5, 0.6) is 5.75 Å². The molecule has 4 aromatic heterocycles. The van der Waals surface area contributed by atoms with Crippen LogP contribution in [-0.2, 0) is 25.6 Å². The molecule has 0 saturated carbocycles. The number of aromatic nitrogens is 8. The van der Waals surface area contributed by atoms with Crippen molar-refractivity contribution < 1.29 is 38.7 Å². The zero-order valence-corrected chi connectivity index (χ0v) is 36.7. The number of anilines is 4. The molecule has 4 aliphatic heterocycles. The highest BCUT2D eigenvalue weighted by Gasteiger charge is 2.29. The molecule has 8 heterocycles. The van der Waals surface area contributed by atoms with Crippen LogP contribution in [0.3, 0.4) is 0 Å². The standard InChI is InChI=1S/C22H26N6O5.C21H25ClN6O3/c1-13-12-33-10-7-28(13)20-17-19(25-22(26-20)27-5-8-32-9-6-27)24-18(23-17)14-3-4-16(31-2)15(11-14)21(29)30;1-13-12-31-9-6-28(13)20-17-19(25-21(26-20)27-4-7-30-8-5-27)24-18(23-17)15-10-14(11-29)2-3-16(15)22/h3-4,11,13H,5-10,12H2,1-2H3,(H,29,30)(H,23,24,25,26);2-3,10,13,29H,4-9,11-12H2,1H3,(H,23,24,25,26)/t2*13-/m00/s1. The van der Waals surface area contributed by atoms with Crippen molar-refractivity contribution in [3.8, 4) is 28.5 Å². The molecule has 20 nitrogen and oxygen atoms in total. The van der Waals surface area contributed by atoms with Gasteiger partial charge in [-0.15, -0.1) is 0 Å². The number of imidazole rings is 2. The lowest BCUT2D eigenvalue weighted by atomic mass is 10.1. The number of morpholine rings is 4. The Bertz CT molecular complexity index is 2620. The first kappa shape index (κ1) is 43.4. The summed E-state index contributed by atoms with van der Waals surface area (Å²) in [4.78, 5) is 56.0. The van der Waals surface area contributed by atoms with Crippen LogP contribution in [0.2, 0.25) is 5.02 Å². The van der Waals surface area contributed by atoms with Gasteiger partial charge in [0.05, 0.1) is 83.7 Å². The number of H-pyrrole nitrogens is 2. The summed E-state index contributed by atoms with van der Waals surface area (Å²) in [5.41, 5.74) is 4.78. The Hall–Kier alpha value is -5.90. The minimum atomic E-state index is -1.07. The summed E-state index contributed by atoms with van der Waals surface area (Å²) in [6.07, 6.45) is 0. The number of carbonyl (C=O) groups is 1. The van der Waals surface area contributed by atoms with Gasteiger partial charge in [0.15, 0.2) is 34.0 Å². The summed E-state index contributed by atoms with van der Waals surface area (Å²) in [6.45, 7) is 13.6. The van der Waals surface area contributed by atoms with Crippen molar-refractivity contribution in [1.82, 2.24) is 39.9 Å². The van der Waals surface area contributed by atoms with Crippen molar-refractivity contribution in [2.45, 2.75) is 32.5 Å². The minimum Gasteiger partial charge on any atom is -0.496 e. The number of aromatic amines is 2. The Balaban J connectivity index is 0.000000162. The number of nitrogens with zero attached hydrogens (tertiary/aromatic N) is 10. The van der Waals surface area contributed by atoms with Gasteiger partial charge in [0.25, 0.3) is 0 Å². The SMILES string of the molecule is COc1ccc(-c2nc3c(N4CCOC[C@@H]4C)nc(N4CCOCC4)nc3[nH]2)cc1C(=O)O.C[C@H]1COCCN1c1nc(N2CCOCC2)nc2[nH]c(-c3cc(CO)ccc3Cl)nc12. The molecular weight excluding hydrogens is 848 g/mol. The van der Waals surface area contributed by atoms with Crippen molar-refractivity contribution in [1.29, 1.82) is 0 Å².